The number of rotatable bonds is 0. The molecule has 2 heteroatoms. The van der Waals surface area contributed by atoms with Crippen LogP contribution in [0.1, 0.15) is 154 Å². The predicted octanol–water partition coefficient (Wildman–Crippen LogP) is 11.8. The summed E-state index contributed by atoms with van der Waals surface area (Å²) in [7, 11) is 1.17. The molecule has 0 aromatic carbocycles. The number of hydrogen-bond acceptors (Lipinski definition) is 1. The molecule has 1 heterocycles. The van der Waals surface area contributed by atoms with Crippen LogP contribution in [0.4, 0.5) is 0 Å². The first kappa shape index (κ1) is 34.1. The molecule has 0 radical (unpaired) electrons. The fourth-order valence-corrected chi connectivity index (χ4v) is 6.12. The lowest BCUT2D eigenvalue weighted by Crippen LogP contribution is -1.97. The molecule has 37 heavy (non-hydrogen) atoms. The van der Waals surface area contributed by atoms with Crippen molar-refractivity contribution >= 4 is 14.4 Å². The van der Waals surface area contributed by atoms with E-state index in [4.69, 9.17) is 0 Å². The van der Waals surface area contributed by atoms with Gasteiger partial charge < -0.3 is 0 Å². The maximum absolute atomic E-state index is 12.1. The molecule has 0 saturated heterocycles. The Morgan fingerprint density at radius 2 is 0.703 bits per heavy atom. The lowest BCUT2D eigenvalue weighted by atomic mass is 10.0. The van der Waals surface area contributed by atoms with Gasteiger partial charge in [0.25, 0.3) is 0 Å². The summed E-state index contributed by atoms with van der Waals surface area (Å²) in [6.45, 7) is 0. The van der Waals surface area contributed by atoms with Crippen molar-refractivity contribution in [1.29, 1.82) is 0 Å². The van der Waals surface area contributed by atoms with E-state index in [1.165, 1.54) is 136 Å². The van der Waals surface area contributed by atoms with Crippen molar-refractivity contribution in [3.63, 3.8) is 0 Å². The molecule has 0 aromatic heterocycles. The maximum Gasteiger partial charge on any atom is 0.132 e. The molecule has 212 valence electrons. The summed E-state index contributed by atoms with van der Waals surface area (Å²) in [6.07, 6.45) is 51.3. The molecule has 0 unspecified atom stereocenters. The molecule has 0 saturated carbocycles. The molecular weight excluding hydrogens is 467 g/mol. The van der Waals surface area contributed by atoms with Gasteiger partial charge in [0.2, 0.25) is 0 Å². The van der Waals surface area contributed by atoms with E-state index in [0.717, 1.165) is 38.5 Å². The number of allylic oxidation sites excluding steroid dienone is 8. The van der Waals surface area contributed by atoms with E-state index >= 15 is 0 Å². The van der Waals surface area contributed by atoms with Crippen LogP contribution in [0.25, 0.3) is 0 Å². The van der Waals surface area contributed by atoms with Crippen molar-refractivity contribution in [2.45, 2.75) is 154 Å². The van der Waals surface area contributed by atoms with E-state index < -0.39 is 0 Å². The average Bonchev–Trinajstić information content (AvgIpc) is 2.90. The number of Topliss-reactive ketones (excluding diaryl/α,β-unsaturated/α-hetero) is 1. The summed E-state index contributed by atoms with van der Waals surface area (Å²) in [6, 6.07) is 0. The third-order valence-corrected chi connectivity index (χ3v) is 8.73. The summed E-state index contributed by atoms with van der Waals surface area (Å²) < 4.78 is 0. The van der Waals surface area contributed by atoms with Crippen molar-refractivity contribution in [3.8, 4) is 0 Å². The highest BCUT2D eigenvalue weighted by Gasteiger charge is 2.02. The van der Waals surface area contributed by atoms with Crippen LogP contribution in [0.15, 0.2) is 48.6 Å². The average molecular weight is 529 g/mol. The van der Waals surface area contributed by atoms with Gasteiger partial charge in [0.05, 0.1) is 0 Å². The second-order valence-corrected chi connectivity index (χ2v) is 12.5. The SMILES string of the molecule is O=C1CCCCCCCC/C=C\C/C=C\CCCCPCCCC/C=C\C/C=C\CCCCCCCC1. The Hall–Kier alpha value is -0.940. The molecule has 0 N–H and O–H groups in total. The number of carbonyl (C=O) groups excluding carboxylic acids is 1. The normalized spacial score (nSPS) is 25.5. The second kappa shape index (κ2) is 29.6. The fraction of sp³-hybridized carbons (Fsp3) is 0.743. The highest BCUT2D eigenvalue weighted by atomic mass is 31.1. The highest BCUT2D eigenvalue weighted by Crippen LogP contribution is 2.17. The molecule has 0 amide bonds. The van der Waals surface area contributed by atoms with Crippen LogP contribution in [-0.4, -0.2) is 18.1 Å². The zero-order valence-corrected chi connectivity index (χ0v) is 25.4. The van der Waals surface area contributed by atoms with E-state index in [0.29, 0.717) is 5.78 Å². The van der Waals surface area contributed by atoms with E-state index in [9.17, 15) is 4.79 Å². The molecule has 1 nitrogen and oxygen atoms in total. The maximum atomic E-state index is 12.1. The molecule has 0 aliphatic carbocycles. The van der Waals surface area contributed by atoms with Crippen molar-refractivity contribution in [3.05, 3.63) is 48.6 Å². The quantitative estimate of drug-likeness (QED) is 0.226. The van der Waals surface area contributed by atoms with E-state index in [-0.39, 0.29) is 0 Å². The van der Waals surface area contributed by atoms with Gasteiger partial charge in [-0.05, 0) is 102 Å². The van der Waals surface area contributed by atoms with Crippen molar-refractivity contribution < 1.29 is 4.79 Å². The van der Waals surface area contributed by atoms with Gasteiger partial charge in [0.1, 0.15) is 5.78 Å². The van der Waals surface area contributed by atoms with Crippen LogP contribution in [0, 0.1) is 0 Å². The molecule has 0 bridgehead atoms. The first-order valence-corrected chi connectivity index (χ1v) is 17.6. The molecule has 0 spiro atoms. The molecule has 0 aromatic rings. The zero-order valence-electron chi connectivity index (χ0n) is 24.4. The molecule has 1 aliphatic rings. The Balaban J connectivity index is 2.17. The largest absolute Gasteiger partial charge is 0.300 e. The van der Waals surface area contributed by atoms with Crippen LogP contribution in [0.5, 0.6) is 0 Å². The lowest BCUT2D eigenvalue weighted by molar-refractivity contribution is -0.119. The fourth-order valence-electron chi connectivity index (χ4n) is 4.87. The third-order valence-electron chi connectivity index (χ3n) is 7.31. The standard InChI is InChI=1S/C35H61OP/c36-35-31-27-23-19-15-11-7-3-1-5-9-13-17-21-25-29-33-37-34-30-26-22-18-14-10-6-2-4-8-12-16-20-24-28-32-35/h1-2,5-6,13-14,17-18,37H,3-4,7-12,15-16,19-34H2/b5-1-,6-2-,17-13-,18-14-. The zero-order chi connectivity index (χ0) is 26.3. The van der Waals surface area contributed by atoms with Gasteiger partial charge in [0.15, 0.2) is 0 Å². The van der Waals surface area contributed by atoms with Crippen molar-refractivity contribution in [1.82, 2.24) is 0 Å². The first-order valence-electron chi connectivity index (χ1n) is 16.2. The minimum absolute atomic E-state index is 0.502. The van der Waals surface area contributed by atoms with E-state index in [2.05, 4.69) is 48.6 Å². The van der Waals surface area contributed by atoms with Crippen molar-refractivity contribution in [2.75, 3.05) is 12.3 Å². The highest BCUT2D eigenvalue weighted by molar-refractivity contribution is 7.37. The van der Waals surface area contributed by atoms with Gasteiger partial charge in [0, 0.05) is 12.8 Å². The summed E-state index contributed by atoms with van der Waals surface area (Å²) in [4.78, 5) is 12.1. The molecule has 0 atom stereocenters. The monoisotopic (exact) mass is 528 g/mol. The van der Waals surface area contributed by atoms with E-state index in [1.54, 1.807) is 0 Å². The summed E-state index contributed by atoms with van der Waals surface area (Å²) in [5.41, 5.74) is 0. The van der Waals surface area contributed by atoms with Gasteiger partial charge in [-0.25, -0.2) is 0 Å². The van der Waals surface area contributed by atoms with E-state index in [1.807, 2.05) is 0 Å². The predicted molar refractivity (Wildman–Crippen MR) is 170 cm³/mol. The van der Waals surface area contributed by atoms with Gasteiger partial charge >= 0.3 is 0 Å². The number of carbonyl (C=O) groups is 1. The first-order chi connectivity index (χ1) is 18.4. The lowest BCUT2D eigenvalue weighted by Gasteiger charge is -2.03. The van der Waals surface area contributed by atoms with Gasteiger partial charge in [-0.3, -0.25) is 4.79 Å². The summed E-state index contributed by atoms with van der Waals surface area (Å²) >= 11 is 0. The van der Waals surface area contributed by atoms with Crippen LogP contribution >= 0.6 is 8.58 Å². The Kier molecular flexibility index (Phi) is 27.3. The van der Waals surface area contributed by atoms with Crippen LogP contribution in [0.2, 0.25) is 0 Å². The minimum atomic E-state index is 0.502. The summed E-state index contributed by atoms with van der Waals surface area (Å²) in [5.74, 6) is 0.502. The van der Waals surface area contributed by atoms with Crippen LogP contribution in [-0.2, 0) is 4.79 Å². The Labute approximate surface area is 233 Å². The molecular formula is C35H61OP. The summed E-state index contributed by atoms with van der Waals surface area (Å²) in [5, 5.41) is 0. The number of hydrogen-bond donors (Lipinski definition) is 0. The third kappa shape index (κ3) is 27.9. The Morgan fingerprint density at radius 3 is 1.11 bits per heavy atom. The van der Waals surface area contributed by atoms with Crippen molar-refractivity contribution in [2.24, 2.45) is 0 Å². The Bertz CT molecular complexity index is 550. The van der Waals surface area contributed by atoms with Gasteiger partial charge in [-0.15, -0.1) is 8.58 Å². The minimum Gasteiger partial charge on any atom is -0.300 e. The molecule has 1 rings (SSSR count). The topological polar surface area (TPSA) is 17.1 Å². The molecule has 0 fully saturated rings. The van der Waals surface area contributed by atoms with Gasteiger partial charge in [-0.2, -0.15) is 0 Å². The smallest absolute Gasteiger partial charge is 0.132 e. The Morgan fingerprint density at radius 1 is 0.378 bits per heavy atom. The van der Waals surface area contributed by atoms with Crippen LogP contribution < -0.4 is 0 Å². The van der Waals surface area contributed by atoms with Crippen LogP contribution in [0.3, 0.4) is 0 Å². The van der Waals surface area contributed by atoms with Gasteiger partial charge in [-0.1, -0.05) is 100.0 Å². The second-order valence-electron chi connectivity index (χ2n) is 11.0. The molecule has 1 aliphatic heterocycles. The number of ketones is 1.